The van der Waals surface area contributed by atoms with Gasteiger partial charge in [-0.2, -0.15) is 0 Å². The Balaban J connectivity index is 2.20. The minimum Gasteiger partial charge on any atom is -0.506 e. The van der Waals surface area contributed by atoms with Gasteiger partial charge in [-0.05, 0) is 24.6 Å². The summed E-state index contributed by atoms with van der Waals surface area (Å²) in [5.41, 5.74) is 1.25. The zero-order valence-corrected chi connectivity index (χ0v) is 11.8. The van der Waals surface area contributed by atoms with Gasteiger partial charge in [-0.15, -0.1) is 0 Å². The van der Waals surface area contributed by atoms with Crippen LogP contribution in [0.25, 0.3) is 0 Å². The molecule has 1 heterocycles. The summed E-state index contributed by atoms with van der Waals surface area (Å²) in [7, 11) is 0. The summed E-state index contributed by atoms with van der Waals surface area (Å²) in [6.07, 6.45) is 2.73. The molecule has 0 bridgehead atoms. The summed E-state index contributed by atoms with van der Waals surface area (Å²) < 4.78 is 0. The van der Waals surface area contributed by atoms with Crippen LogP contribution < -0.4 is 0 Å². The lowest BCUT2D eigenvalue weighted by atomic mass is 10.2. The van der Waals surface area contributed by atoms with E-state index in [4.69, 9.17) is 11.6 Å². The number of hydrogen-bond acceptors (Lipinski definition) is 3. The second-order valence-electron chi connectivity index (χ2n) is 4.34. The molecule has 20 heavy (non-hydrogen) atoms. The second kappa shape index (κ2) is 6.39. The Morgan fingerprint density at radius 3 is 2.75 bits per heavy atom. The molecule has 0 aliphatic heterocycles. The molecular weight excluding hydrogens is 276 g/mol. The van der Waals surface area contributed by atoms with Crippen molar-refractivity contribution in [2.24, 2.45) is 0 Å². The van der Waals surface area contributed by atoms with Crippen LogP contribution in [0.1, 0.15) is 22.8 Å². The molecule has 0 aliphatic rings. The highest BCUT2D eigenvalue weighted by Crippen LogP contribution is 2.19. The monoisotopic (exact) mass is 290 g/mol. The Bertz CT molecular complexity index is 616. The molecule has 0 spiro atoms. The van der Waals surface area contributed by atoms with Crippen molar-refractivity contribution in [3.8, 4) is 5.75 Å². The van der Waals surface area contributed by atoms with Crippen LogP contribution in [0.5, 0.6) is 5.75 Å². The average molecular weight is 291 g/mol. The van der Waals surface area contributed by atoms with E-state index >= 15 is 0 Å². The molecule has 0 fully saturated rings. The van der Waals surface area contributed by atoms with Crippen molar-refractivity contribution in [1.29, 1.82) is 0 Å². The summed E-state index contributed by atoms with van der Waals surface area (Å²) >= 11 is 6.11. The third kappa shape index (κ3) is 3.27. The van der Waals surface area contributed by atoms with Gasteiger partial charge in [0.05, 0.1) is 11.8 Å². The molecule has 0 atom stereocenters. The molecule has 104 valence electrons. The molecule has 1 aromatic carbocycles. The van der Waals surface area contributed by atoms with E-state index in [0.29, 0.717) is 23.7 Å². The first-order valence-corrected chi connectivity index (χ1v) is 6.66. The van der Waals surface area contributed by atoms with Crippen molar-refractivity contribution < 1.29 is 9.90 Å². The third-order valence-electron chi connectivity index (χ3n) is 2.96. The molecule has 0 unspecified atom stereocenters. The highest BCUT2D eigenvalue weighted by atomic mass is 35.5. The molecule has 0 radical (unpaired) electrons. The van der Waals surface area contributed by atoms with Crippen molar-refractivity contribution in [1.82, 2.24) is 9.88 Å². The molecule has 1 amide bonds. The number of carbonyl (C=O) groups excluding carboxylic acids is 1. The van der Waals surface area contributed by atoms with Gasteiger partial charge in [0, 0.05) is 24.3 Å². The van der Waals surface area contributed by atoms with E-state index in [0.717, 1.165) is 5.56 Å². The molecule has 1 N–H and O–H groups in total. The topological polar surface area (TPSA) is 53.4 Å². The van der Waals surface area contributed by atoms with Crippen LogP contribution in [-0.2, 0) is 6.54 Å². The fraction of sp³-hybridized carbons (Fsp3) is 0.200. The number of pyridine rings is 1. The molecule has 0 saturated heterocycles. The van der Waals surface area contributed by atoms with Gasteiger partial charge in [0.15, 0.2) is 0 Å². The van der Waals surface area contributed by atoms with Crippen LogP contribution >= 0.6 is 11.6 Å². The first-order chi connectivity index (χ1) is 9.61. The van der Waals surface area contributed by atoms with Gasteiger partial charge in [-0.25, -0.2) is 0 Å². The number of hydrogen-bond donors (Lipinski definition) is 1. The van der Waals surface area contributed by atoms with E-state index in [-0.39, 0.29) is 11.7 Å². The lowest BCUT2D eigenvalue weighted by Crippen LogP contribution is -2.30. The van der Waals surface area contributed by atoms with Gasteiger partial charge in [0.2, 0.25) is 0 Å². The van der Waals surface area contributed by atoms with E-state index in [9.17, 15) is 9.90 Å². The maximum atomic E-state index is 12.4. The van der Waals surface area contributed by atoms with Crippen LogP contribution in [0.3, 0.4) is 0 Å². The molecule has 2 aromatic rings. The molecule has 5 heteroatoms. The summed E-state index contributed by atoms with van der Waals surface area (Å²) in [4.78, 5) is 17.8. The average Bonchev–Trinajstić information content (AvgIpc) is 2.46. The number of carbonyl (C=O) groups is 1. The molecule has 0 saturated carbocycles. The molecule has 4 nitrogen and oxygen atoms in total. The number of halogens is 1. The van der Waals surface area contributed by atoms with Crippen molar-refractivity contribution in [3.05, 3.63) is 58.9 Å². The van der Waals surface area contributed by atoms with Gasteiger partial charge >= 0.3 is 0 Å². The van der Waals surface area contributed by atoms with Crippen molar-refractivity contribution >= 4 is 17.5 Å². The minimum atomic E-state index is -0.184. The number of aromatic nitrogens is 1. The van der Waals surface area contributed by atoms with E-state index < -0.39 is 0 Å². The molecule has 1 aromatic heterocycles. The van der Waals surface area contributed by atoms with Gasteiger partial charge in [-0.3, -0.25) is 9.78 Å². The normalized spacial score (nSPS) is 10.3. The Labute approximate surface area is 122 Å². The highest BCUT2D eigenvalue weighted by Gasteiger charge is 2.16. The standard InChI is InChI=1S/C15H15ClN2O2/c1-2-18(10-11-5-3-4-6-14(11)16)15(20)12-7-13(19)9-17-8-12/h3-9,19H,2,10H2,1H3. The summed E-state index contributed by atoms with van der Waals surface area (Å²) in [6.45, 7) is 2.86. The van der Waals surface area contributed by atoms with E-state index in [1.165, 1.54) is 18.5 Å². The van der Waals surface area contributed by atoms with E-state index in [1.807, 2.05) is 25.1 Å². The summed E-state index contributed by atoms with van der Waals surface area (Å²) in [5, 5.41) is 10.0. The maximum absolute atomic E-state index is 12.4. The van der Waals surface area contributed by atoms with Crippen molar-refractivity contribution in [2.75, 3.05) is 6.54 Å². The zero-order chi connectivity index (χ0) is 14.5. The van der Waals surface area contributed by atoms with Gasteiger partial charge in [-0.1, -0.05) is 29.8 Å². The second-order valence-corrected chi connectivity index (χ2v) is 4.75. The van der Waals surface area contributed by atoms with Gasteiger partial charge in [0.25, 0.3) is 5.91 Å². The number of benzene rings is 1. The Morgan fingerprint density at radius 1 is 1.35 bits per heavy atom. The van der Waals surface area contributed by atoms with Crippen LogP contribution in [-0.4, -0.2) is 27.4 Å². The first kappa shape index (κ1) is 14.3. The summed E-state index contributed by atoms with van der Waals surface area (Å²) in [5.74, 6) is -0.208. The predicted molar refractivity (Wildman–Crippen MR) is 77.8 cm³/mol. The largest absolute Gasteiger partial charge is 0.506 e. The fourth-order valence-electron chi connectivity index (χ4n) is 1.89. The Morgan fingerprint density at radius 2 is 2.10 bits per heavy atom. The molecular formula is C15H15ClN2O2. The van der Waals surface area contributed by atoms with Gasteiger partial charge in [0.1, 0.15) is 5.75 Å². The zero-order valence-electron chi connectivity index (χ0n) is 11.1. The number of aromatic hydroxyl groups is 1. The quantitative estimate of drug-likeness (QED) is 0.941. The Kier molecular flexibility index (Phi) is 4.58. The maximum Gasteiger partial charge on any atom is 0.255 e. The van der Waals surface area contributed by atoms with Crippen molar-refractivity contribution in [3.63, 3.8) is 0 Å². The van der Waals surface area contributed by atoms with E-state index in [1.54, 1.807) is 11.0 Å². The van der Waals surface area contributed by atoms with E-state index in [2.05, 4.69) is 4.98 Å². The number of amides is 1. The Hall–Kier alpha value is -2.07. The fourth-order valence-corrected chi connectivity index (χ4v) is 2.08. The van der Waals surface area contributed by atoms with Crippen molar-refractivity contribution in [2.45, 2.75) is 13.5 Å². The lowest BCUT2D eigenvalue weighted by Gasteiger charge is -2.21. The minimum absolute atomic E-state index is 0.0235. The van der Waals surface area contributed by atoms with Crippen LogP contribution in [0.2, 0.25) is 5.02 Å². The molecule has 0 aliphatic carbocycles. The van der Waals surface area contributed by atoms with Crippen LogP contribution in [0.4, 0.5) is 0 Å². The number of nitrogens with zero attached hydrogens (tertiary/aromatic N) is 2. The van der Waals surface area contributed by atoms with Crippen LogP contribution in [0.15, 0.2) is 42.7 Å². The first-order valence-electron chi connectivity index (χ1n) is 6.28. The number of rotatable bonds is 4. The highest BCUT2D eigenvalue weighted by molar-refractivity contribution is 6.31. The lowest BCUT2D eigenvalue weighted by molar-refractivity contribution is 0.0752. The third-order valence-corrected chi connectivity index (χ3v) is 3.33. The predicted octanol–water partition coefficient (Wildman–Crippen LogP) is 3.10. The van der Waals surface area contributed by atoms with Crippen LogP contribution in [0, 0.1) is 0 Å². The summed E-state index contributed by atoms with van der Waals surface area (Å²) in [6, 6.07) is 8.83. The SMILES string of the molecule is CCN(Cc1ccccc1Cl)C(=O)c1cncc(O)c1. The smallest absolute Gasteiger partial charge is 0.255 e. The van der Waals surface area contributed by atoms with Gasteiger partial charge < -0.3 is 10.0 Å². The molecule has 2 rings (SSSR count).